The van der Waals surface area contributed by atoms with E-state index < -0.39 is 5.97 Å². The minimum atomic E-state index is -0.908. The molecule has 20 heavy (non-hydrogen) atoms. The topological polar surface area (TPSA) is 69.6 Å². The lowest BCUT2D eigenvalue weighted by Gasteiger charge is -2.30. The maximum absolute atomic E-state index is 11.2. The first kappa shape index (κ1) is 14.9. The first-order valence-electron chi connectivity index (χ1n) is 7.30. The van der Waals surface area contributed by atoms with Crippen molar-refractivity contribution in [2.24, 2.45) is 11.8 Å². The number of rotatable bonds is 5. The van der Waals surface area contributed by atoms with E-state index in [-0.39, 0.29) is 6.61 Å². The third-order valence-corrected chi connectivity index (χ3v) is 4.26. The fraction of sp³-hybridized carbons (Fsp3) is 0.562. The monoisotopic (exact) mass is 277 g/mol. The Labute approximate surface area is 119 Å². The molecule has 1 aromatic carbocycles. The fourth-order valence-corrected chi connectivity index (χ4v) is 3.03. The van der Waals surface area contributed by atoms with Crippen LogP contribution >= 0.6 is 0 Å². The minimum Gasteiger partial charge on any atom is -0.478 e. The number of aryl methyl sites for hydroxylation is 1. The molecule has 0 aromatic heterocycles. The number of carboxylic acid groups (broad SMARTS) is 1. The highest BCUT2D eigenvalue weighted by atomic mass is 16.4. The van der Waals surface area contributed by atoms with Crippen molar-refractivity contribution >= 4 is 11.7 Å². The van der Waals surface area contributed by atoms with E-state index in [0.29, 0.717) is 23.1 Å². The van der Waals surface area contributed by atoms with Gasteiger partial charge in [-0.05, 0) is 49.3 Å². The second-order valence-corrected chi connectivity index (χ2v) is 5.72. The van der Waals surface area contributed by atoms with Crippen LogP contribution in [0.15, 0.2) is 18.2 Å². The van der Waals surface area contributed by atoms with Crippen molar-refractivity contribution in [2.75, 3.05) is 18.5 Å². The average Bonchev–Trinajstić information content (AvgIpc) is 2.45. The van der Waals surface area contributed by atoms with Crippen molar-refractivity contribution in [3.8, 4) is 0 Å². The highest BCUT2D eigenvalue weighted by molar-refractivity contribution is 5.94. The molecule has 0 spiro atoms. The highest BCUT2D eigenvalue weighted by Crippen LogP contribution is 2.30. The molecule has 1 aliphatic carbocycles. The lowest BCUT2D eigenvalue weighted by Crippen LogP contribution is -2.29. The number of aromatic carboxylic acids is 1. The molecule has 2 atom stereocenters. The molecule has 3 N–H and O–H groups in total. The number of hydrogen-bond donors (Lipinski definition) is 3. The van der Waals surface area contributed by atoms with Gasteiger partial charge in [-0.25, -0.2) is 4.79 Å². The molecule has 0 aliphatic heterocycles. The smallest absolute Gasteiger partial charge is 0.337 e. The summed E-state index contributed by atoms with van der Waals surface area (Å²) in [5.41, 5.74) is 2.03. The standard InChI is InChI=1S/C16H23NO3/c1-11-6-7-14(16(19)20)15(8-11)17-9-12-4-2-3-5-13(12)10-18/h6-8,12-13,17-18H,2-5,9-10H2,1H3,(H,19,20). The summed E-state index contributed by atoms with van der Waals surface area (Å²) in [7, 11) is 0. The molecule has 0 bridgehead atoms. The number of carbonyl (C=O) groups is 1. The Morgan fingerprint density at radius 1 is 1.30 bits per heavy atom. The third kappa shape index (κ3) is 3.51. The Balaban J connectivity index is 2.06. The predicted molar refractivity (Wildman–Crippen MR) is 79.2 cm³/mol. The van der Waals surface area contributed by atoms with Gasteiger partial charge in [0.15, 0.2) is 0 Å². The number of anilines is 1. The summed E-state index contributed by atoms with van der Waals surface area (Å²) in [6.07, 6.45) is 4.56. The van der Waals surface area contributed by atoms with Crippen LogP contribution in [0, 0.1) is 18.8 Å². The molecule has 0 amide bonds. The van der Waals surface area contributed by atoms with E-state index in [1.807, 2.05) is 19.1 Å². The Morgan fingerprint density at radius 3 is 2.65 bits per heavy atom. The lowest BCUT2D eigenvalue weighted by atomic mass is 9.79. The van der Waals surface area contributed by atoms with Crippen LogP contribution in [0.5, 0.6) is 0 Å². The van der Waals surface area contributed by atoms with Crippen LogP contribution in [-0.2, 0) is 0 Å². The summed E-state index contributed by atoms with van der Waals surface area (Å²) in [6.45, 7) is 2.91. The van der Waals surface area contributed by atoms with Crippen LogP contribution in [-0.4, -0.2) is 29.3 Å². The van der Waals surface area contributed by atoms with Gasteiger partial charge in [0.25, 0.3) is 0 Å². The van der Waals surface area contributed by atoms with E-state index in [1.165, 1.54) is 12.8 Å². The van der Waals surface area contributed by atoms with Crippen molar-refractivity contribution in [1.82, 2.24) is 0 Å². The predicted octanol–water partition coefficient (Wildman–Crippen LogP) is 2.90. The summed E-state index contributed by atoms with van der Waals surface area (Å²) in [5, 5.41) is 21.9. The van der Waals surface area contributed by atoms with Crippen molar-refractivity contribution in [1.29, 1.82) is 0 Å². The molecule has 1 aromatic rings. The first-order valence-corrected chi connectivity index (χ1v) is 7.30. The van der Waals surface area contributed by atoms with Gasteiger partial charge in [0.2, 0.25) is 0 Å². The quantitative estimate of drug-likeness (QED) is 0.774. The van der Waals surface area contributed by atoms with Gasteiger partial charge in [0.05, 0.1) is 5.56 Å². The Kier molecular flexibility index (Phi) is 5.01. The summed E-state index contributed by atoms with van der Waals surface area (Å²) in [6, 6.07) is 5.33. The van der Waals surface area contributed by atoms with Crippen molar-refractivity contribution in [3.05, 3.63) is 29.3 Å². The maximum Gasteiger partial charge on any atom is 0.337 e. The molecule has 0 heterocycles. The maximum atomic E-state index is 11.2. The molecular formula is C16H23NO3. The third-order valence-electron chi connectivity index (χ3n) is 4.26. The van der Waals surface area contributed by atoms with Crippen molar-refractivity contribution in [3.63, 3.8) is 0 Å². The molecule has 1 aliphatic rings. The van der Waals surface area contributed by atoms with Gasteiger partial charge >= 0.3 is 5.97 Å². The van der Waals surface area contributed by atoms with Crippen LogP contribution < -0.4 is 5.32 Å². The van der Waals surface area contributed by atoms with E-state index in [0.717, 1.165) is 24.9 Å². The zero-order valence-electron chi connectivity index (χ0n) is 11.9. The van der Waals surface area contributed by atoms with Gasteiger partial charge < -0.3 is 15.5 Å². The number of benzene rings is 1. The van der Waals surface area contributed by atoms with Gasteiger partial charge in [-0.3, -0.25) is 0 Å². The first-order chi connectivity index (χ1) is 9.61. The molecule has 4 nitrogen and oxygen atoms in total. The number of aliphatic hydroxyl groups is 1. The van der Waals surface area contributed by atoms with Gasteiger partial charge in [0.1, 0.15) is 0 Å². The molecule has 1 fully saturated rings. The molecule has 2 rings (SSSR count). The number of aliphatic hydroxyl groups excluding tert-OH is 1. The average molecular weight is 277 g/mol. The number of nitrogens with one attached hydrogen (secondary N) is 1. The second-order valence-electron chi connectivity index (χ2n) is 5.72. The summed E-state index contributed by atoms with van der Waals surface area (Å²) in [5.74, 6) is -0.139. The molecule has 110 valence electrons. The van der Waals surface area contributed by atoms with E-state index in [4.69, 9.17) is 0 Å². The van der Waals surface area contributed by atoms with E-state index in [2.05, 4.69) is 5.32 Å². The van der Waals surface area contributed by atoms with Gasteiger partial charge in [-0.1, -0.05) is 18.9 Å². The van der Waals surface area contributed by atoms with Crippen molar-refractivity contribution < 1.29 is 15.0 Å². The summed E-state index contributed by atoms with van der Waals surface area (Å²) < 4.78 is 0. The van der Waals surface area contributed by atoms with Gasteiger partial charge in [-0.15, -0.1) is 0 Å². The van der Waals surface area contributed by atoms with Gasteiger partial charge in [-0.2, -0.15) is 0 Å². The molecule has 4 heteroatoms. The normalized spacial score (nSPS) is 22.5. The molecule has 2 unspecified atom stereocenters. The summed E-state index contributed by atoms with van der Waals surface area (Å²) in [4.78, 5) is 11.2. The molecule has 0 radical (unpaired) electrons. The Morgan fingerprint density at radius 2 is 2.00 bits per heavy atom. The lowest BCUT2D eigenvalue weighted by molar-refractivity contribution is 0.0697. The largest absolute Gasteiger partial charge is 0.478 e. The second kappa shape index (κ2) is 6.75. The van der Waals surface area contributed by atoms with Crippen LogP contribution in [0.2, 0.25) is 0 Å². The molecule has 0 saturated heterocycles. The number of hydrogen-bond acceptors (Lipinski definition) is 3. The fourth-order valence-electron chi connectivity index (χ4n) is 3.03. The highest BCUT2D eigenvalue weighted by Gasteiger charge is 2.24. The van der Waals surface area contributed by atoms with E-state index in [1.54, 1.807) is 6.07 Å². The number of carboxylic acids is 1. The van der Waals surface area contributed by atoms with E-state index in [9.17, 15) is 15.0 Å². The zero-order chi connectivity index (χ0) is 14.5. The van der Waals surface area contributed by atoms with Crippen molar-refractivity contribution in [2.45, 2.75) is 32.6 Å². The summed E-state index contributed by atoms with van der Waals surface area (Å²) >= 11 is 0. The molecule has 1 saturated carbocycles. The van der Waals surface area contributed by atoms with Crippen LogP contribution in [0.3, 0.4) is 0 Å². The minimum absolute atomic E-state index is 0.228. The molecular weight excluding hydrogens is 254 g/mol. The van der Waals surface area contributed by atoms with E-state index >= 15 is 0 Å². The van der Waals surface area contributed by atoms with Gasteiger partial charge in [0, 0.05) is 18.8 Å². The zero-order valence-corrected chi connectivity index (χ0v) is 11.9. The van der Waals surface area contributed by atoms with Crippen LogP contribution in [0.4, 0.5) is 5.69 Å². The Hall–Kier alpha value is -1.55. The Bertz CT molecular complexity index is 473. The SMILES string of the molecule is Cc1ccc(C(=O)O)c(NCC2CCCCC2CO)c1. The van der Waals surface area contributed by atoms with Crippen LogP contribution in [0.25, 0.3) is 0 Å². The van der Waals surface area contributed by atoms with Crippen LogP contribution in [0.1, 0.15) is 41.6 Å².